The Morgan fingerprint density at radius 2 is 2.12 bits per heavy atom. The summed E-state index contributed by atoms with van der Waals surface area (Å²) in [5.74, 6) is 0.285. The Balaban J connectivity index is 1.56. The Morgan fingerprint density at radius 1 is 1.38 bits per heavy atom. The zero-order valence-corrected chi connectivity index (χ0v) is 13.7. The van der Waals surface area contributed by atoms with Crippen molar-refractivity contribution in [1.82, 2.24) is 15.1 Å². The molecule has 1 aliphatic rings. The van der Waals surface area contributed by atoms with Crippen molar-refractivity contribution in [2.45, 2.75) is 13.0 Å². The fraction of sp³-hybridized carbons (Fsp3) is 0.353. The highest BCUT2D eigenvalue weighted by Crippen LogP contribution is 2.24. The van der Waals surface area contributed by atoms with Crippen LogP contribution in [0.3, 0.4) is 0 Å². The second kappa shape index (κ2) is 6.74. The first-order valence-corrected chi connectivity index (χ1v) is 7.76. The lowest BCUT2D eigenvalue weighted by Gasteiger charge is -2.14. The molecule has 2 heterocycles. The standard InChI is InChI=1S/C17H20N4O3/c1-20-11-14(9-19-20)21-10-13(7-16(21)22)17(23)18-8-12-3-5-15(24-2)6-4-12/h3-6,9,11,13H,7-8,10H2,1-2H3,(H,18,23)/t13-/m1/s1. The summed E-state index contributed by atoms with van der Waals surface area (Å²) >= 11 is 0. The summed E-state index contributed by atoms with van der Waals surface area (Å²) in [6.45, 7) is 0.819. The maximum absolute atomic E-state index is 12.3. The van der Waals surface area contributed by atoms with Gasteiger partial charge in [0.1, 0.15) is 5.75 Å². The van der Waals surface area contributed by atoms with E-state index in [2.05, 4.69) is 10.4 Å². The number of ether oxygens (including phenoxy) is 1. The number of aromatic nitrogens is 2. The van der Waals surface area contributed by atoms with Gasteiger partial charge in [0.25, 0.3) is 0 Å². The van der Waals surface area contributed by atoms with Crippen molar-refractivity contribution in [3.8, 4) is 5.75 Å². The van der Waals surface area contributed by atoms with Gasteiger partial charge in [-0.05, 0) is 17.7 Å². The summed E-state index contributed by atoms with van der Waals surface area (Å²) in [6, 6.07) is 7.51. The number of hydrogen-bond acceptors (Lipinski definition) is 4. The second-order valence-corrected chi connectivity index (χ2v) is 5.84. The summed E-state index contributed by atoms with van der Waals surface area (Å²) in [5.41, 5.74) is 1.71. The predicted octanol–water partition coefficient (Wildman–Crippen LogP) is 1.10. The van der Waals surface area contributed by atoms with Crippen LogP contribution in [-0.2, 0) is 23.2 Å². The maximum Gasteiger partial charge on any atom is 0.227 e. The van der Waals surface area contributed by atoms with Gasteiger partial charge in [0, 0.05) is 32.8 Å². The molecular formula is C17H20N4O3. The number of carbonyl (C=O) groups excluding carboxylic acids is 2. The van der Waals surface area contributed by atoms with E-state index >= 15 is 0 Å². The van der Waals surface area contributed by atoms with Crippen LogP contribution in [0.5, 0.6) is 5.75 Å². The lowest BCUT2D eigenvalue weighted by molar-refractivity contribution is -0.126. The fourth-order valence-corrected chi connectivity index (χ4v) is 2.76. The summed E-state index contributed by atoms with van der Waals surface area (Å²) in [6.07, 6.45) is 3.63. The molecule has 1 aromatic carbocycles. The minimum atomic E-state index is -0.337. The molecule has 2 amide bonds. The van der Waals surface area contributed by atoms with Gasteiger partial charge in [-0.2, -0.15) is 5.10 Å². The van der Waals surface area contributed by atoms with E-state index in [0.717, 1.165) is 17.0 Å². The number of aryl methyl sites for hydroxylation is 1. The van der Waals surface area contributed by atoms with Gasteiger partial charge in [0.2, 0.25) is 11.8 Å². The van der Waals surface area contributed by atoms with Gasteiger partial charge >= 0.3 is 0 Å². The number of rotatable bonds is 5. The zero-order valence-electron chi connectivity index (χ0n) is 13.7. The van der Waals surface area contributed by atoms with E-state index < -0.39 is 0 Å². The third kappa shape index (κ3) is 3.40. The van der Waals surface area contributed by atoms with E-state index in [-0.39, 0.29) is 24.2 Å². The first-order valence-electron chi connectivity index (χ1n) is 7.76. The molecule has 7 nitrogen and oxygen atoms in total. The highest BCUT2D eigenvalue weighted by atomic mass is 16.5. The molecule has 1 atom stereocenters. The first-order chi connectivity index (χ1) is 11.6. The van der Waals surface area contributed by atoms with Crippen LogP contribution < -0.4 is 15.0 Å². The molecule has 0 spiro atoms. The SMILES string of the molecule is COc1ccc(CNC(=O)[C@@H]2CC(=O)N(c3cnn(C)c3)C2)cc1. The monoisotopic (exact) mass is 328 g/mol. The van der Waals surface area contributed by atoms with Crippen LogP contribution in [0.25, 0.3) is 0 Å². The van der Waals surface area contributed by atoms with Gasteiger partial charge in [-0.3, -0.25) is 14.3 Å². The van der Waals surface area contributed by atoms with Gasteiger partial charge in [0.15, 0.2) is 0 Å². The summed E-state index contributed by atoms with van der Waals surface area (Å²) < 4.78 is 6.74. The Bertz CT molecular complexity index is 739. The molecule has 1 fully saturated rings. The maximum atomic E-state index is 12.3. The number of amides is 2. The molecular weight excluding hydrogens is 308 g/mol. The van der Waals surface area contributed by atoms with Crippen molar-refractivity contribution in [1.29, 1.82) is 0 Å². The molecule has 1 aromatic heterocycles. The van der Waals surface area contributed by atoms with Crippen LogP contribution in [0, 0.1) is 5.92 Å². The van der Waals surface area contributed by atoms with E-state index in [9.17, 15) is 9.59 Å². The molecule has 0 radical (unpaired) electrons. The third-order valence-electron chi connectivity index (χ3n) is 4.12. The number of nitrogens with zero attached hydrogens (tertiary/aromatic N) is 3. The van der Waals surface area contributed by atoms with Crippen molar-refractivity contribution in [2.24, 2.45) is 13.0 Å². The zero-order chi connectivity index (χ0) is 17.1. The number of methoxy groups -OCH3 is 1. The molecule has 0 bridgehead atoms. The Hall–Kier alpha value is -2.83. The Morgan fingerprint density at radius 3 is 2.75 bits per heavy atom. The molecule has 126 valence electrons. The van der Waals surface area contributed by atoms with E-state index in [1.165, 1.54) is 0 Å². The highest BCUT2D eigenvalue weighted by molar-refractivity contribution is 6.00. The van der Waals surface area contributed by atoms with Crippen LogP contribution in [0.1, 0.15) is 12.0 Å². The Labute approximate surface area is 140 Å². The van der Waals surface area contributed by atoms with Crippen molar-refractivity contribution < 1.29 is 14.3 Å². The first kappa shape index (κ1) is 16.0. The lowest BCUT2D eigenvalue weighted by atomic mass is 10.1. The third-order valence-corrected chi connectivity index (χ3v) is 4.12. The molecule has 0 saturated carbocycles. The van der Waals surface area contributed by atoms with Crippen molar-refractivity contribution in [3.05, 3.63) is 42.2 Å². The second-order valence-electron chi connectivity index (χ2n) is 5.84. The van der Waals surface area contributed by atoms with E-state index in [1.807, 2.05) is 24.3 Å². The minimum absolute atomic E-state index is 0.0485. The van der Waals surface area contributed by atoms with Gasteiger partial charge in [-0.15, -0.1) is 0 Å². The van der Waals surface area contributed by atoms with Crippen molar-refractivity contribution in [2.75, 3.05) is 18.6 Å². The van der Waals surface area contributed by atoms with Crippen LogP contribution in [0.4, 0.5) is 5.69 Å². The van der Waals surface area contributed by atoms with E-state index in [1.54, 1.807) is 36.1 Å². The van der Waals surface area contributed by atoms with Crippen LogP contribution in [0.2, 0.25) is 0 Å². The van der Waals surface area contributed by atoms with Gasteiger partial charge in [-0.1, -0.05) is 12.1 Å². The number of carbonyl (C=O) groups is 2. The van der Waals surface area contributed by atoms with Crippen LogP contribution in [-0.4, -0.2) is 35.2 Å². The van der Waals surface area contributed by atoms with E-state index in [4.69, 9.17) is 4.74 Å². The summed E-state index contributed by atoms with van der Waals surface area (Å²) in [5, 5.41) is 6.96. The van der Waals surface area contributed by atoms with Crippen molar-refractivity contribution in [3.63, 3.8) is 0 Å². The number of hydrogen-bond donors (Lipinski definition) is 1. The minimum Gasteiger partial charge on any atom is -0.497 e. The van der Waals surface area contributed by atoms with E-state index in [0.29, 0.717) is 13.1 Å². The van der Waals surface area contributed by atoms with Crippen molar-refractivity contribution >= 4 is 17.5 Å². The highest BCUT2D eigenvalue weighted by Gasteiger charge is 2.35. The smallest absolute Gasteiger partial charge is 0.227 e. The molecule has 1 N–H and O–H groups in total. The number of benzene rings is 1. The lowest BCUT2D eigenvalue weighted by Crippen LogP contribution is -2.32. The molecule has 0 unspecified atom stereocenters. The summed E-state index contributed by atoms with van der Waals surface area (Å²) in [4.78, 5) is 26.1. The molecule has 2 aromatic rings. The largest absolute Gasteiger partial charge is 0.497 e. The Kier molecular flexibility index (Phi) is 4.50. The van der Waals surface area contributed by atoms with Gasteiger partial charge in [-0.25, -0.2) is 0 Å². The van der Waals surface area contributed by atoms with Gasteiger partial charge < -0.3 is 15.0 Å². The summed E-state index contributed by atoms with van der Waals surface area (Å²) in [7, 11) is 3.41. The molecule has 1 saturated heterocycles. The predicted molar refractivity (Wildman–Crippen MR) is 88.5 cm³/mol. The quantitative estimate of drug-likeness (QED) is 0.892. The number of anilines is 1. The molecule has 7 heteroatoms. The topological polar surface area (TPSA) is 76.5 Å². The fourth-order valence-electron chi connectivity index (χ4n) is 2.76. The molecule has 24 heavy (non-hydrogen) atoms. The van der Waals surface area contributed by atoms with Crippen LogP contribution in [0.15, 0.2) is 36.7 Å². The average Bonchev–Trinajstić information content (AvgIpc) is 3.18. The average molecular weight is 328 g/mol. The van der Waals surface area contributed by atoms with Crippen LogP contribution >= 0.6 is 0 Å². The van der Waals surface area contributed by atoms with Gasteiger partial charge in [0.05, 0.1) is 24.9 Å². The molecule has 0 aliphatic carbocycles. The molecule has 3 rings (SSSR count). The number of nitrogens with one attached hydrogen (secondary N) is 1. The normalized spacial score (nSPS) is 17.2. The molecule has 1 aliphatic heterocycles.